The van der Waals surface area contributed by atoms with Gasteiger partial charge in [0.05, 0.1) is 10.2 Å². The summed E-state index contributed by atoms with van der Waals surface area (Å²) >= 11 is 1.61. The van der Waals surface area contributed by atoms with E-state index in [1.165, 1.54) is 5.56 Å². The molecule has 1 heterocycles. The Morgan fingerprint density at radius 2 is 2.05 bits per heavy atom. The molecule has 19 heavy (non-hydrogen) atoms. The van der Waals surface area contributed by atoms with Gasteiger partial charge < -0.3 is 0 Å². The average molecular weight is 266 g/mol. The van der Waals surface area contributed by atoms with E-state index in [1.54, 1.807) is 17.4 Å². The van der Waals surface area contributed by atoms with E-state index in [9.17, 15) is 0 Å². The summed E-state index contributed by atoms with van der Waals surface area (Å²) in [4.78, 5) is 7.46. The Morgan fingerprint density at radius 1 is 1.21 bits per heavy atom. The van der Waals surface area contributed by atoms with Gasteiger partial charge in [-0.1, -0.05) is 35.4 Å². The SMILES string of the molecule is Cc1ccc2nc(-c3ccccc3N=[N+]=[N-])sc2c1. The van der Waals surface area contributed by atoms with Crippen molar-refractivity contribution in [3.63, 3.8) is 0 Å². The molecule has 3 rings (SSSR count). The van der Waals surface area contributed by atoms with E-state index >= 15 is 0 Å². The van der Waals surface area contributed by atoms with Crippen molar-refractivity contribution in [2.24, 2.45) is 5.11 Å². The summed E-state index contributed by atoms with van der Waals surface area (Å²) in [7, 11) is 0. The molecule has 0 aliphatic carbocycles. The maximum Gasteiger partial charge on any atom is 0.125 e. The molecule has 0 bridgehead atoms. The third-order valence-corrected chi connectivity index (χ3v) is 3.88. The van der Waals surface area contributed by atoms with Crippen LogP contribution >= 0.6 is 11.3 Å². The van der Waals surface area contributed by atoms with Crippen LogP contribution in [0.5, 0.6) is 0 Å². The van der Waals surface area contributed by atoms with Gasteiger partial charge in [-0.05, 0) is 30.2 Å². The fourth-order valence-electron chi connectivity index (χ4n) is 1.94. The highest BCUT2D eigenvalue weighted by atomic mass is 32.1. The number of fused-ring (bicyclic) bond motifs is 1. The lowest BCUT2D eigenvalue weighted by Gasteiger charge is -1.99. The molecule has 0 radical (unpaired) electrons. The minimum atomic E-state index is 0.612. The molecule has 92 valence electrons. The van der Waals surface area contributed by atoms with Gasteiger partial charge in [0.25, 0.3) is 0 Å². The highest BCUT2D eigenvalue weighted by molar-refractivity contribution is 7.21. The molecule has 0 atom stereocenters. The molecule has 0 unspecified atom stereocenters. The van der Waals surface area contributed by atoms with Crippen LogP contribution in [-0.4, -0.2) is 4.98 Å². The second-order valence-electron chi connectivity index (χ2n) is 4.20. The molecule has 0 aliphatic heterocycles. The summed E-state index contributed by atoms with van der Waals surface area (Å²) in [6, 6.07) is 13.7. The molecule has 2 aromatic carbocycles. The van der Waals surface area contributed by atoms with Gasteiger partial charge in [0.1, 0.15) is 5.01 Å². The lowest BCUT2D eigenvalue weighted by atomic mass is 10.2. The predicted octanol–water partition coefficient (Wildman–Crippen LogP) is 5.21. The van der Waals surface area contributed by atoms with E-state index in [1.807, 2.05) is 30.3 Å². The molecule has 0 fully saturated rings. The molecule has 0 saturated heterocycles. The van der Waals surface area contributed by atoms with E-state index in [-0.39, 0.29) is 0 Å². The number of azide groups is 1. The zero-order valence-electron chi connectivity index (χ0n) is 10.2. The van der Waals surface area contributed by atoms with Crippen molar-refractivity contribution in [1.82, 2.24) is 4.98 Å². The number of rotatable bonds is 2. The molecule has 0 N–H and O–H groups in total. The summed E-state index contributed by atoms with van der Waals surface area (Å²) < 4.78 is 1.14. The van der Waals surface area contributed by atoms with Gasteiger partial charge in [0, 0.05) is 16.2 Å². The smallest absolute Gasteiger partial charge is 0.125 e. The Labute approximate surface area is 114 Å². The van der Waals surface area contributed by atoms with Gasteiger partial charge in [0.2, 0.25) is 0 Å². The maximum absolute atomic E-state index is 8.61. The summed E-state index contributed by atoms with van der Waals surface area (Å²) in [5.41, 5.74) is 12.3. The van der Waals surface area contributed by atoms with Crippen LogP contribution in [0.3, 0.4) is 0 Å². The second kappa shape index (κ2) is 4.72. The monoisotopic (exact) mass is 266 g/mol. The number of aryl methyl sites for hydroxylation is 1. The van der Waals surface area contributed by atoms with Crippen LogP contribution in [0.4, 0.5) is 5.69 Å². The number of nitrogens with zero attached hydrogens (tertiary/aromatic N) is 4. The van der Waals surface area contributed by atoms with Gasteiger partial charge in [-0.15, -0.1) is 11.3 Å². The third-order valence-electron chi connectivity index (χ3n) is 2.83. The van der Waals surface area contributed by atoms with Crippen molar-refractivity contribution < 1.29 is 0 Å². The van der Waals surface area contributed by atoms with Crippen LogP contribution in [0.15, 0.2) is 47.6 Å². The fourth-order valence-corrected chi connectivity index (χ4v) is 3.03. The average Bonchev–Trinajstić information content (AvgIpc) is 2.82. The van der Waals surface area contributed by atoms with Crippen molar-refractivity contribution in [1.29, 1.82) is 0 Å². The molecular formula is C14H10N4S. The first kappa shape index (κ1) is 11.7. The van der Waals surface area contributed by atoms with Crippen LogP contribution < -0.4 is 0 Å². The van der Waals surface area contributed by atoms with E-state index in [0.717, 1.165) is 20.8 Å². The number of hydrogen-bond donors (Lipinski definition) is 0. The molecule has 1 aromatic heterocycles. The highest BCUT2D eigenvalue weighted by Crippen LogP contribution is 2.35. The molecule has 0 saturated carbocycles. The fraction of sp³-hybridized carbons (Fsp3) is 0.0714. The molecular weight excluding hydrogens is 256 g/mol. The zero-order chi connectivity index (χ0) is 13.2. The minimum Gasteiger partial charge on any atom is -0.236 e. The number of aromatic nitrogens is 1. The van der Waals surface area contributed by atoms with Crippen LogP contribution in [-0.2, 0) is 0 Å². The Morgan fingerprint density at radius 3 is 2.89 bits per heavy atom. The van der Waals surface area contributed by atoms with Crippen LogP contribution in [0.2, 0.25) is 0 Å². The molecule has 0 aliphatic rings. The maximum atomic E-state index is 8.61. The topological polar surface area (TPSA) is 61.7 Å². The van der Waals surface area contributed by atoms with Crippen molar-refractivity contribution >= 4 is 27.2 Å². The first-order valence-electron chi connectivity index (χ1n) is 5.79. The van der Waals surface area contributed by atoms with E-state index in [0.29, 0.717) is 5.69 Å². The van der Waals surface area contributed by atoms with Crippen LogP contribution in [0.1, 0.15) is 5.56 Å². The van der Waals surface area contributed by atoms with Crippen molar-refractivity contribution in [2.75, 3.05) is 0 Å². The zero-order valence-corrected chi connectivity index (χ0v) is 11.1. The number of benzene rings is 2. The Kier molecular flexibility index (Phi) is 2.91. The van der Waals surface area contributed by atoms with E-state index in [4.69, 9.17) is 5.53 Å². The number of thiazole rings is 1. The Balaban J connectivity index is 2.21. The second-order valence-corrected chi connectivity index (χ2v) is 5.23. The standard InChI is InChI=1S/C14H10N4S/c1-9-6-7-12-13(8-9)19-14(16-12)10-4-2-3-5-11(10)17-18-15/h2-8H,1H3. The largest absolute Gasteiger partial charge is 0.236 e. The van der Waals surface area contributed by atoms with Crippen molar-refractivity contribution in [3.05, 3.63) is 58.5 Å². The predicted molar refractivity (Wildman–Crippen MR) is 78.6 cm³/mol. The number of hydrogen-bond acceptors (Lipinski definition) is 3. The van der Waals surface area contributed by atoms with E-state index in [2.05, 4.69) is 28.0 Å². The molecule has 5 heteroatoms. The van der Waals surface area contributed by atoms with E-state index < -0.39 is 0 Å². The van der Waals surface area contributed by atoms with Gasteiger partial charge in [-0.25, -0.2) is 4.98 Å². The van der Waals surface area contributed by atoms with Crippen LogP contribution in [0.25, 0.3) is 31.2 Å². The summed E-state index contributed by atoms with van der Waals surface area (Å²) in [5.74, 6) is 0. The highest BCUT2D eigenvalue weighted by Gasteiger charge is 2.09. The molecule has 4 nitrogen and oxygen atoms in total. The van der Waals surface area contributed by atoms with Gasteiger partial charge in [-0.2, -0.15) is 0 Å². The summed E-state index contributed by atoms with van der Waals surface area (Å²) in [6.45, 7) is 2.06. The Bertz CT molecular complexity index is 800. The first-order valence-corrected chi connectivity index (χ1v) is 6.61. The molecule has 0 spiro atoms. The normalized spacial score (nSPS) is 10.4. The first-order chi connectivity index (χ1) is 9.28. The van der Waals surface area contributed by atoms with Gasteiger partial charge in [-0.3, -0.25) is 0 Å². The third kappa shape index (κ3) is 2.17. The van der Waals surface area contributed by atoms with Crippen LogP contribution in [0, 0.1) is 6.92 Å². The van der Waals surface area contributed by atoms with Crippen molar-refractivity contribution in [2.45, 2.75) is 6.92 Å². The molecule has 0 amide bonds. The van der Waals surface area contributed by atoms with Gasteiger partial charge in [0.15, 0.2) is 0 Å². The quantitative estimate of drug-likeness (QED) is 0.356. The Hall–Kier alpha value is -2.36. The minimum absolute atomic E-state index is 0.612. The lowest BCUT2D eigenvalue weighted by molar-refractivity contribution is 1.42. The molecule has 3 aromatic rings. The summed E-state index contributed by atoms with van der Waals surface area (Å²) in [5, 5.41) is 4.60. The summed E-state index contributed by atoms with van der Waals surface area (Å²) in [6.07, 6.45) is 0. The van der Waals surface area contributed by atoms with Crippen molar-refractivity contribution in [3.8, 4) is 10.6 Å². The van der Waals surface area contributed by atoms with Gasteiger partial charge >= 0.3 is 0 Å². The lowest BCUT2D eigenvalue weighted by Crippen LogP contribution is -1.76.